The minimum Gasteiger partial charge on any atom is -0.374 e. The van der Waals surface area contributed by atoms with Gasteiger partial charge in [0.25, 0.3) is 0 Å². The Bertz CT molecular complexity index is 526. The maximum absolute atomic E-state index is 8.74. The van der Waals surface area contributed by atoms with Gasteiger partial charge in [0.2, 0.25) is 0 Å². The van der Waals surface area contributed by atoms with Gasteiger partial charge in [-0.2, -0.15) is 10.5 Å². The Labute approximate surface area is 120 Å². The molecule has 1 aliphatic rings. The second-order valence-corrected chi connectivity index (χ2v) is 5.14. The normalized spacial score (nSPS) is 22.3. The first-order valence-electron chi connectivity index (χ1n) is 6.98. The second kappa shape index (κ2) is 7.48. The zero-order valence-corrected chi connectivity index (χ0v) is 11.5. The van der Waals surface area contributed by atoms with Gasteiger partial charge in [-0.05, 0) is 49.3 Å². The Balaban J connectivity index is 1.74. The highest BCUT2D eigenvalue weighted by Gasteiger charge is 2.19. The van der Waals surface area contributed by atoms with E-state index in [2.05, 4.69) is 6.07 Å². The van der Waals surface area contributed by atoms with Gasteiger partial charge in [0.05, 0.1) is 30.4 Å². The van der Waals surface area contributed by atoms with E-state index in [1.165, 1.54) is 0 Å². The summed E-state index contributed by atoms with van der Waals surface area (Å²) in [6, 6.07) is 11.7. The molecular weight excluding hydrogens is 248 g/mol. The molecule has 0 spiro atoms. The molecule has 1 saturated carbocycles. The van der Waals surface area contributed by atoms with Gasteiger partial charge >= 0.3 is 0 Å². The van der Waals surface area contributed by atoms with Crippen molar-refractivity contribution < 1.29 is 4.74 Å². The van der Waals surface area contributed by atoms with Crippen molar-refractivity contribution in [2.75, 3.05) is 0 Å². The average molecular weight is 266 g/mol. The molecule has 1 fully saturated rings. The number of hydrogen-bond acceptors (Lipinski definition) is 3. The summed E-state index contributed by atoms with van der Waals surface area (Å²) < 4.78 is 5.92. The summed E-state index contributed by atoms with van der Waals surface area (Å²) in [5.41, 5.74) is 1.79. The molecule has 0 N–H and O–H groups in total. The molecule has 0 heterocycles. The Hall–Kier alpha value is -2.10. The SMILES string of the molecule is N#CC=CC1CCC(OCc2ccc(C#N)cc2)CC1. The minimum atomic E-state index is 0.317. The van der Waals surface area contributed by atoms with Gasteiger partial charge in [0.1, 0.15) is 0 Å². The molecule has 3 nitrogen and oxygen atoms in total. The highest BCUT2D eigenvalue weighted by atomic mass is 16.5. The quantitative estimate of drug-likeness (QED) is 0.780. The van der Waals surface area contributed by atoms with Gasteiger partial charge in [0, 0.05) is 6.08 Å². The van der Waals surface area contributed by atoms with Crippen LogP contribution in [0.25, 0.3) is 0 Å². The summed E-state index contributed by atoms with van der Waals surface area (Å²) in [6.45, 7) is 0.606. The Kier molecular flexibility index (Phi) is 5.35. The highest BCUT2D eigenvalue weighted by molar-refractivity contribution is 5.31. The number of hydrogen-bond donors (Lipinski definition) is 0. The van der Waals surface area contributed by atoms with Gasteiger partial charge in [-0.1, -0.05) is 18.2 Å². The maximum atomic E-state index is 8.74. The molecule has 1 aromatic rings. The molecule has 0 atom stereocenters. The fourth-order valence-electron chi connectivity index (χ4n) is 2.52. The van der Waals surface area contributed by atoms with Gasteiger partial charge in [-0.15, -0.1) is 0 Å². The van der Waals surface area contributed by atoms with Crippen molar-refractivity contribution in [3.8, 4) is 12.1 Å². The van der Waals surface area contributed by atoms with Crippen LogP contribution < -0.4 is 0 Å². The van der Waals surface area contributed by atoms with Crippen LogP contribution in [0.15, 0.2) is 36.4 Å². The monoisotopic (exact) mass is 266 g/mol. The lowest BCUT2D eigenvalue weighted by molar-refractivity contribution is 0.0110. The van der Waals surface area contributed by atoms with Crippen molar-refractivity contribution in [3.05, 3.63) is 47.5 Å². The molecule has 0 unspecified atom stereocenters. The number of allylic oxidation sites excluding steroid dienone is 2. The van der Waals surface area contributed by atoms with Crippen LogP contribution in [0.3, 0.4) is 0 Å². The predicted molar refractivity (Wildman–Crippen MR) is 76.4 cm³/mol. The zero-order chi connectivity index (χ0) is 14.2. The lowest BCUT2D eigenvalue weighted by atomic mass is 9.87. The first-order valence-corrected chi connectivity index (χ1v) is 6.98. The molecule has 0 radical (unpaired) electrons. The summed E-state index contributed by atoms with van der Waals surface area (Å²) in [6.07, 6.45) is 8.21. The van der Waals surface area contributed by atoms with E-state index in [1.54, 1.807) is 6.08 Å². The van der Waals surface area contributed by atoms with Gasteiger partial charge in [-0.25, -0.2) is 0 Å². The van der Waals surface area contributed by atoms with Crippen molar-refractivity contribution in [2.45, 2.75) is 38.4 Å². The third kappa shape index (κ3) is 4.23. The van der Waals surface area contributed by atoms with E-state index >= 15 is 0 Å². The standard InChI is InChI=1S/C17H18N2O/c18-11-1-2-14-7-9-17(10-8-14)20-13-16-5-3-15(12-19)4-6-16/h1-6,14,17H,7-10,13H2. The summed E-state index contributed by atoms with van der Waals surface area (Å²) in [4.78, 5) is 0. The van der Waals surface area contributed by atoms with Crippen molar-refractivity contribution in [1.82, 2.24) is 0 Å². The first kappa shape index (κ1) is 14.3. The fraction of sp³-hybridized carbons (Fsp3) is 0.412. The van der Waals surface area contributed by atoms with Gasteiger partial charge in [-0.3, -0.25) is 0 Å². The maximum Gasteiger partial charge on any atom is 0.0991 e. The molecular formula is C17H18N2O. The molecule has 20 heavy (non-hydrogen) atoms. The number of benzene rings is 1. The molecule has 0 bridgehead atoms. The number of nitrogens with zero attached hydrogens (tertiary/aromatic N) is 2. The molecule has 102 valence electrons. The van der Waals surface area contributed by atoms with Gasteiger partial charge in [0.15, 0.2) is 0 Å². The molecule has 0 amide bonds. The largest absolute Gasteiger partial charge is 0.374 e. The molecule has 1 aromatic carbocycles. The summed E-state index contributed by atoms with van der Waals surface area (Å²) in [5, 5.41) is 17.3. The lowest BCUT2D eigenvalue weighted by Gasteiger charge is -2.26. The van der Waals surface area contributed by atoms with Gasteiger partial charge < -0.3 is 4.74 Å². The fourth-order valence-corrected chi connectivity index (χ4v) is 2.52. The van der Waals surface area contributed by atoms with Crippen LogP contribution in [0.5, 0.6) is 0 Å². The van der Waals surface area contributed by atoms with E-state index in [9.17, 15) is 0 Å². The summed E-state index contributed by atoms with van der Waals surface area (Å²) >= 11 is 0. The van der Waals surface area contributed by atoms with E-state index in [0.29, 0.717) is 24.2 Å². The molecule has 0 aromatic heterocycles. The number of rotatable bonds is 4. The van der Waals surface area contributed by atoms with E-state index < -0.39 is 0 Å². The van der Waals surface area contributed by atoms with E-state index in [4.69, 9.17) is 15.3 Å². The lowest BCUT2D eigenvalue weighted by Crippen LogP contribution is -2.20. The van der Waals surface area contributed by atoms with E-state index in [0.717, 1.165) is 31.2 Å². The predicted octanol–water partition coefficient (Wildman–Crippen LogP) is 3.71. The van der Waals surface area contributed by atoms with Crippen LogP contribution in [0.2, 0.25) is 0 Å². The smallest absolute Gasteiger partial charge is 0.0991 e. The average Bonchev–Trinajstić information content (AvgIpc) is 2.52. The summed E-state index contributed by atoms with van der Waals surface area (Å²) in [7, 11) is 0. The topological polar surface area (TPSA) is 56.8 Å². The van der Waals surface area contributed by atoms with Crippen LogP contribution in [0.4, 0.5) is 0 Å². The third-order valence-corrected chi connectivity index (χ3v) is 3.73. The first-order chi connectivity index (χ1) is 9.81. The number of nitriles is 2. The van der Waals surface area contributed by atoms with Crippen LogP contribution >= 0.6 is 0 Å². The van der Waals surface area contributed by atoms with Crippen LogP contribution in [-0.2, 0) is 11.3 Å². The molecule has 1 aliphatic carbocycles. The van der Waals surface area contributed by atoms with Crippen LogP contribution in [0.1, 0.15) is 36.8 Å². The van der Waals surface area contributed by atoms with E-state index in [-0.39, 0.29) is 0 Å². The van der Waals surface area contributed by atoms with E-state index in [1.807, 2.05) is 36.4 Å². The van der Waals surface area contributed by atoms with Crippen molar-refractivity contribution in [3.63, 3.8) is 0 Å². The van der Waals surface area contributed by atoms with Crippen LogP contribution in [0, 0.1) is 28.6 Å². The molecule has 0 aliphatic heterocycles. The zero-order valence-electron chi connectivity index (χ0n) is 11.5. The second-order valence-electron chi connectivity index (χ2n) is 5.14. The third-order valence-electron chi connectivity index (χ3n) is 3.73. The number of ether oxygens (including phenoxy) is 1. The van der Waals surface area contributed by atoms with Crippen molar-refractivity contribution in [2.24, 2.45) is 5.92 Å². The minimum absolute atomic E-state index is 0.317. The summed E-state index contributed by atoms with van der Waals surface area (Å²) in [5.74, 6) is 0.532. The van der Waals surface area contributed by atoms with Crippen LogP contribution in [-0.4, -0.2) is 6.10 Å². The Morgan fingerprint density at radius 1 is 1.10 bits per heavy atom. The van der Waals surface area contributed by atoms with Crippen molar-refractivity contribution >= 4 is 0 Å². The molecule has 3 heteroatoms. The Morgan fingerprint density at radius 3 is 2.40 bits per heavy atom. The Morgan fingerprint density at radius 2 is 1.80 bits per heavy atom. The van der Waals surface area contributed by atoms with Crippen molar-refractivity contribution in [1.29, 1.82) is 10.5 Å². The molecule has 2 rings (SSSR count). The highest BCUT2D eigenvalue weighted by Crippen LogP contribution is 2.27. The molecule has 0 saturated heterocycles.